The first-order chi connectivity index (χ1) is 9.06. The molecule has 0 amide bonds. The van der Waals surface area contributed by atoms with Gasteiger partial charge in [-0.2, -0.15) is 0 Å². The number of hydrogen-bond donors (Lipinski definition) is 1. The number of benzene rings is 1. The van der Waals surface area contributed by atoms with Gasteiger partial charge in [0.05, 0.1) is 4.92 Å². The zero-order valence-electron chi connectivity index (χ0n) is 9.65. The van der Waals surface area contributed by atoms with Crippen LogP contribution in [-0.4, -0.2) is 16.0 Å². The number of nitro groups is 1. The summed E-state index contributed by atoms with van der Waals surface area (Å²) in [7, 11) is 0. The number of carboxylic acids is 1. The summed E-state index contributed by atoms with van der Waals surface area (Å²) in [5.41, 5.74) is 0.766. The monoisotopic (exact) mass is 259 g/mol. The molecule has 1 aromatic carbocycles. The lowest BCUT2D eigenvalue weighted by Gasteiger charge is -1.93. The molecule has 0 spiro atoms. The van der Waals surface area contributed by atoms with Crippen LogP contribution in [0.3, 0.4) is 0 Å². The van der Waals surface area contributed by atoms with E-state index in [4.69, 9.17) is 9.52 Å². The van der Waals surface area contributed by atoms with Gasteiger partial charge in [-0.3, -0.25) is 10.1 Å². The summed E-state index contributed by atoms with van der Waals surface area (Å²) in [5.74, 6) is -0.867. The molecule has 0 aliphatic heterocycles. The Hall–Kier alpha value is -2.89. The van der Waals surface area contributed by atoms with Gasteiger partial charge in [-0.15, -0.1) is 0 Å². The molecule has 0 fully saturated rings. The lowest BCUT2D eigenvalue weighted by molar-refractivity contribution is -0.384. The van der Waals surface area contributed by atoms with Crippen molar-refractivity contribution in [2.45, 2.75) is 0 Å². The number of nitro benzene ring substituents is 1. The molecule has 2 aromatic rings. The number of rotatable bonds is 4. The van der Waals surface area contributed by atoms with Crippen molar-refractivity contribution in [1.82, 2.24) is 0 Å². The Labute approximate surface area is 107 Å². The molecule has 6 heteroatoms. The van der Waals surface area contributed by atoms with Crippen LogP contribution in [0, 0.1) is 10.1 Å². The van der Waals surface area contributed by atoms with E-state index in [1.807, 2.05) is 0 Å². The molecule has 1 N–H and O–H groups in total. The average molecular weight is 259 g/mol. The molecule has 2 rings (SSSR count). The van der Waals surface area contributed by atoms with E-state index in [1.54, 1.807) is 24.3 Å². The van der Waals surface area contributed by atoms with Crippen molar-refractivity contribution in [3.05, 3.63) is 63.6 Å². The van der Waals surface area contributed by atoms with E-state index >= 15 is 0 Å². The molecule has 0 saturated carbocycles. The van der Waals surface area contributed by atoms with Crippen molar-refractivity contribution in [3.63, 3.8) is 0 Å². The van der Waals surface area contributed by atoms with Crippen molar-refractivity contribution >= 4 is 23.8 Å². The van der Waals surface area contributed by atoms with E-state index in [0.717, 1.165) is 5.56 Å². The maximum Gasteiger partial charge on any atom is 0.371 e. The fourth-order valence-corrected chi connectivity index (χ4v) is 1.44. The van der Waals surface area contributed by atoms with E-state index in [1.165, 1.54) is 24.3 Å². The zero-order valence-corrected chi connectivity index (χ0v) is 9.65. The summed E-state index contributed by atoms with van der Waals surface area (Å²) in [4.78, 5) is 20.6. The van der Waals surface area contributed by atoms with Crippen LogP contribution < -0.4 is 0 Å². The second-order valence-corrected chi connectivity index (χ2v) is 3.69. The number of hydrogen-bond acceptors (Lipinski definition) is 4. The number of aromatic carboxylic acids is 1. The van der Waals surface area contributed by atoms with Crippen LogP contribution in [0.15, 0.2) is 40.8 Å². The van der Waals surface area contributed by atoms with Gasteiger partial charge >= 0.3 is 5.97 Å². The van der Waals surface area contributed by atoms with E-state index in [0.29, 0.717) is 5.76 Å². The van der Waals surface area contributed by atoms with E-state index in [2.05, 4.69) is 0 Å². The third kappa shape index (κ3) is 3.06. The van der Waals surface area contributed by atoms with Crippen molar-refractivity contribution < 1.29 is 19.2 Å². The standard InChI is InChI=1S/C13H9NO5/c15-13(16)12-8-7-11(19-12)6-3-9-1-4-10(5-2-9)14(17)18/h1-8H,(H,15,16)/b6-3+. The molecule has 0 atom stereocenters. The maximum absolute atomic E-state index is 10.6. The second kappa shape index (κ2) is 5.18. The number of non-ortho nitro benzene ring substituents is 1. The molecule has 96 valence electrons. The molecule has 0 radical (unpaired) electrons. The Kier molecular flexibility index (Phi) is 3.42. The maximum atomic E-state index is 10.6. The minimum Gasteiger partial charge on any atom is -0.475 e. The first-order valence-corrected chi connectivity index (χ1v) is 5.32. The smallest absolute Gasteiger partial charge is 0.371 e. The molecule has 0 bridgehead atoms. The highest BCUT2D eigenvalue weighted by Gasteiger charge is 2.07. The first kappa shape index (κ1) is 12.6. The number of furan rings is 1. The predicted octanol–water partition coefficient (Wildman–Crippen LogP) is 3.06. The molecular weight excluding hydrogens is 250 g/mol. The minimum atomic E-state index is -1.13. The van der Waals surface area contributed by atoms with Gasteiger partial charge in [-0.1, -0.05) is 6.08 Å². The van der Waals surface area contributed by atoms with Crippen LogP contribution in [0.1, 0.15) is 21.9 Å². The van der Waals surface area contributed by atoms with Gasteiger partial charge < -0.3 is 9.52 Å². The fraction of sp³-hybridized carbons (Fsp3) is 0. The summed E-state index contributed by atoms with van der Waals surface area (Å²) in [5, 5.41) is 19.2. The molecule has 6 nitrogen and oxygen atoms in total. The largest absolute Gasteiger partial charge is 0.475 e. The summed E-state index contributed by atoms with van der Waals surface area (Å²) in [6.45, 7) is 0. The van der Waals surface area contributed by atoms with Gasteiger partial charge in [0.25, 0.3) is 5.69 Å². The van der Waals surface area contributed by atoms with Crippen LogP contribution in [0.4, 0.5) is 5.69 Å². The van der Waals surface area contributed by atoms with Crippen LogP contribution in [0.25, 0.3) is 12.2 Å². The first-order valence-electron chi connectivity index (χ1n) is 5.32. The lowest BCUT2D eigenvalue weighted by atomic mass is 10.2. The molecule has 19 heavy (non-hydrogen) atoms. The number of carboxylic acid groups (broad SMARTS) is 1. The molecule has 1 aromatic heterocycles. The van der Waals surface area contributed by atoms with Gasteiger partial charge in [0.1, 0.15) is 5.76 Å². The van der Waals surface area contributed by atoms with Crippen LogP contribution in [0.5, 0.6) is 0 Å². The Morgan fingerprint density at radius 3 is 2.37 bits per heavy atom. The summed E-state index contributed by atoms with van der Waals surface area (Å²) < 4.78 is 5.03. The van der Waals surface area contributed by atoms with Crippen molar-refractivity contribution in [1.29, 1.82) is 0 Å². The minimum absolute atomic E-state index is 0.0170. The Morgan fingerprint density at radius 2 is 1.84 bits per heavy atom. The Balaban J connectivity index is 2.13. The van der Waals surface area contributed by atoms with E-state index in [9.17, 15) is 14.9 Å². The topological polar surface area (TPSA) is 93.6 Å². The zero-order chi connectivity index (χ0) is 13.8. The van der Waals surface area contributed by atoms with E-state index in [-0.39, 0.29) is 11.4 Å². The van der Waals surface area contributed by atoms with Crippen LogP contribution >= 0.6 is 0 Å². The third-order valence-electron chi connectivity index (χ3n) is 2.38. The van der Waals surface area contributed by atoms with Crippen LogP contribution in [0.2, 0.25) is 0 Å². The number of carbonyl (C=O) groups is 1. The molecule has 0 aliphatic carbocycles. The molecular formula is C13H9NO5. The fourth-order valence-electron chi connectivity index (χ4n) is 1.44. The Morgan fingerprint density at radius 1 is 1.16 bits per heavy atom. The molecule has 0 unspecified atom stereocenters. The third-order valence-corrected chi connectivity index (χ3v) is 2.38. The number of nitrogens with zero attached hydrogens (tertiary/aromatic N) is 1. The SMILES string of the molecule is O=C(O)c1ccc(/C=C/c2ccc([N+](=O)[O-])cc2)o1. The predicted molar refractivity (Wildman–Crippen MR) is 67.7 cm³/mol. The molecule has 0 saturated heterocycles. The quantitative estimate of drug-likeness (QED) is 0.672. The average Bonchev–Trinajstić information content (AvgIpc) is 2.86. The molecule has 0 aliphatic rings. The highest BCUT2D eigenvalue weighted by Crippen LogP contribution is 2.15. The van der Waals surface area contributed by atoms with Crippen molar-refractivity contribution in [2.75, 3.05) is 0 Å². The van der Waals surface area contributed by atoms with Gasteiger partial charge in [0.15, 0.2) is 0 Å². The molecule has 1 heterocycles. The van der Waals surface area contributed by atoms with Gasteiger partial charge in [0.2, 0.25) is 5.76 Å². The summed E-state index contributed by atoms with van der Waals surface area (Å²) >= 11 is 0. The van der Waals surface area contributed by atoms with Crippen molar-refractivity contribution in [3.8, 4) is 0 Å². The normalized spacial score (nSPS) is 10.7. The van der Waals surface area contributed by atoms with Crippen molar-refractivity contribution in [2.24, 2.45) is 0 Å². The highest BCUT2D eigenvalue weighted by atomic mass is 16.6. The second-order valence-electron chi connectivity index (χ2n) is 3.69. The summed E-state index contributed by atoms with van der Waals surface area (Å²) in [6, 6.07) is 8.86. The van der Waals surface area contributed by atoms with Crippen LogP contribution in [-0.2, 0) is 0 Å². The summed E-state index contributed by atoms with van der Waals surface area (Å²) in [6.07, 6.45) is 3.27. The Bertz CT molecular complexity index is 639. The van der Waals surface area contributed by atoms with E-state index < -0.39 is 10.9 Å². The highest BCUT2D eigenvalue weighted by molar-refractivity contribution is 5.84. The van der Waals surface area contributed by atoms with Gasteiger partial charge in [-0.25, -0.2) is 4.79 Å². The lowest BCUT2D eigenvalue weighted by Crippen LogP contribution is -1.91. The van der Waals surface area contributed by atoms with Gasteiger partial charge in [0, 0.05) is 12.1 Å². The van der Waals surface area contributed by atoms with Gasteiger partial charge in [-0.05, 0) is 35.9 Å².